The van der Waals surface area contributed by atoms with E-state index in [0.717, 1.165) is 19.4 Å². The normalized spacial score (nSPS) is 22.8. The molecule has 0 radical (unpaired) electrons. The first kappa shape index (κ1) is 16.0. The number of morpholine rings is 1. The van der Waals surface area contributed by atoms with Crippen molar-refractivity contribution in [3.8, 4) is 5.75 Å². The zero-order valence-corrected chi connectivity index (χ0v) is 13.3. The lowest BCUT2D eigenvalue weighted by atomic mass is 10.2. The Kier molecular flexibility index (Phi) is 4.38. The summed E-state index contributed by atoms with van der Waals surface area (Å²) in [7, 11) is 3.45. The molecule has 0 bridgehead atoms. The number of hydrogen-bond acceptors (Lipinski definition) is 7. The van der Waals surface area contributed by atoms with Gasteiger partial charge in [0.15, 0.2) is 18.8 Å². The Morgan fingerprint density at radius 1 is 1.52 bits per heavy atom. The van der Waals surface area contributed by atoms with Crippen molar-refractivity contribution >= 4 is 6.29 Å². The maximum Gasteiger partial charge on any atom is 0.224 e. The van der Waals surface area contributed by atoms with Gasteiger partial charge in [-0.2, -0.15) is 0 Å². The molecule has 1 aliphatic heterocycles. The first-order chi connectivity index (χ1) is 11.1. The number of hydrogen-bond donors (Lipinski definition) is 1. The van der Waals surface area contributed by atoms with Gasteiger partial charge in [0.05, 0.1) is 12.2 Å². The van der Waals surface area contributed by atoms with Crippen molar-refractivity contribution in [3.63, 3.8) is 0 Å². The highest BCUT2D eigenvalue weighted by molar-refractivity contribution is 5.76. The molecule has 1 aromatic rings. The number of nitrogens with one attached hydrogen (secondary N) is 1. The molecule has 2 heterocycles. The highest BCUT2D eigenvalue weighted by atomic mass is 16.7. The minimum atomic E-state index is -0.368. The summed E-state index contributed by atoms with van der Waals surface area (Å²) in [5.74, 6) is -0.0325. The second-order valence-corrected chi connectivity index (χ2v) is 5.99. The van der Waals surface area contributed by atoms with Crippen molar-refractivity contribution in [1.29, 1.82) is 0 Å². The second-order valence-electron chi connectivity index (χ2n) is 5.99. The monoisotopic (exact) mass is 323 g/mol. The molecular formula is C15H21N3O5. The van der Waals surface area contributed by atoms with Gasteiger partial charge in [0, 0.05) is 25.9 Å². The van der Waals surface area contributed by atoms with E-state index in [1.165, 1.54) is 24.0 Å². The SMILES string of the molecule is COCOc1c(C=O)n(NC2COC3(CC3)CN2C)ccc1=O. The van der Waals surface area contributed by atoms with Gasteiger partial charge >= 0.3 is 0 Å². The average Bonchev–Trinajstić information content (AvgIpc) is 3.29. The molecule has 8 heteroatoms. The van der Waals surface area contributed by atoms with Gasteiger partial charge in [-0.25, -0.2) is 0 Å². The van der Waals surface area contributed by atoms with Crippen molar-refractivity contribution in [3.05, 3.63) is 28.2 Å². The third-order valence-corrected chi connectivity index (χ3v) is 4.24. The van der Waals surface area contributed by atoms with E-state index in [9.17, 15) is 9.59 Å². The van der Waals surface area contributed by atoms with E-state index in [-0.39, 0.29) is 35.4 Å². The summed E-state index contributed by atoms with van der Waals surface area (Å²) in [6.07, 6.45) is 4.19. The number of pyridine rings is 1. The van der Waals surface area contributed by atoms with Crippen molar-refractivity contribution < 1.29 is 19.0 Å². The molecule has 1 N–H and O–H groups in total. The number of likely N-dealkylation sites (N-methyl/N-ethyl adjacent to an activating group) is 1. The maximum atomic E-state index is 11.9. The van der Waals surface area contributed by atoms with E-state index in [2.05, 4.69) is 10.3 Å². The molecule has 1 atom stereocenters. The number of methoxy groups -OCH3 is 1. The molecule has 1 spiro atoms. The van der Waals surface area contributed by atoms with Gasteiger partial charge in [0.2, 0.25) is 5.43 Å². The molecule has 0 amide bonds. The Bertz CT molecular complexity index is 640. The molecule has 2 fully saturated rings. The Hall–Kier alpha value is -1.90. The zero-order chi connectivity index (χ0) is 16.4. The predicted molar refractivity (Wildman–Crippen MR) is 82.3 cm³/mol. The Morgan fingerprint density at radius 3 is 2.91 bits per heavy atom. The number of rotatable bonds is 6. The van der Waals surface area contributed by atoms with E-state index in [0.29, 0.717) is 12.9 Å². The van der Waals surface area contributed by atoms with Crippen LogP contribution in [0.4, 0.5) is 0 Å². The fraction of sp³-hybridized carbons (Fsp3) is 0.600. The lowest BCUT2D eigenvalue weighted by Crippen LogP contribution is -2.54. The molecule has 0 aromatic carbocycles. The fourth-order valence-corrected chi connectivity index (χ4v) is 2.75. The first-order valence-electron chi connectivity index (χ1n) is 7.52. The van der Waals surface area contributed by atoms with Gasteiger partial charge < -0.3 is 19.6 Å². The molecule has 2 aliphatic rings. The number of ether oxygens (including phenoxy) is 3. The summed E-state index contributed by atoms with van der Waals surface area (Å²) < 4.78 is 17.4. The largest absolute Gasteiger partial charge is 0.461 e. The van der Waals surface area contributed by atoms with Crippen LogP contribution in [0, 0.1) is 0 Å². The summed E-state index contributed by atoms with van der Waals surface area (Å²) in [5, 5.41) is 0. The maximum absolute atomic E-state index is 11.9. The van der Waals surface area contributed by atoms with Gasteiger partial charge in [-0.05, 0) is 19.9 Å². The minimum absolute atomic E-state index is 0.0245. The smallest absolute Gasteiger partial charge is 0.224 e. The van der Waals surface area contributed by atoms with Crippen LogP contribution in [0.3, 0.4) is 0 Å². The van der Waals surface area contributed by atoms with Crippen LogP contribution in [-0.2, 0) is 9.47 Å². The van der Waals surface area contributed by atoms with Crippen LogP contribution >= 0.6 is 0 Å². The third-order valence-electron chi connectivity index (χ3n) is 4.24. The number of aromatic nitrogens is 1. The second kappa shape index (κ2) is 6.31. The quantitative estimate of drug-likeness (QED) is 0.583. The van der Waals surface area contributed by atoms with Crippen molar-refractivity contribution in [2.24, 2.45) is 0 Å². The van der Waals surface area contributed by atoms with Crippen LogP contribution in [-0.4, -0.2) is 61.7 Å². The summed E-state index contributed by atoms with van der Waals surface area (Å²) in [4.78, 5) is 25.5. The van der Waals surface area contributed by atoms with Crippen LogP contribution in [0.2, 0.25) is 0 Å². The Balaban J connectivity index is 1.79. The predicted octanol–water partition coefficient (Wildman–Crippen LogP) is 0.00770. The van der Waals surface area contributed by atoms with Crippen LogP contribution in [0.5, 0.6) is 5.75 Å². The lowest BCUT2D eigenvalue weighted by molar-refractivity contribution is -0.0654. The molecule has 1 aliphatic carbocycles. The van der Waals surface area contributed by atoms with E-state index in [1.54, 1.807) is 0 Å². The van der Waals surface area contributed by atoms with Crippen LogP contribution in [0.25, 0.3) is 0 Å². The van der Waals surface area contributed by atoms with E-state index < -0.39 is 0 Å². The van der Waals surface area contributed by atoms with Gasteiger partial charge in [0.25, 0.3) is 0 Å². The van der Waals surface area contributed by atoms with Gasteiger partial charge in [-0.1, -0.05) is 0 Å². The highest BCUT2D eigenvalue weighted by Crippen LogP contribution is 2.42. The van der Waals surface area contributed by atoms with E-state index in [4.69, 9.17) is 14.2 Å². The van der Waals surface area contributed by atoms with Crippen molar-refractivity contribution in [2.45, 2.75) is 24.6 Å². The summed E-state index contributed by atoms with van der Waals surface area (Å²) in [6, 6.07) is 1.34. The van der Waals surface area contributed by atoms with E-state index >= 15 is 0 Å². The molecular weight excluding hydrogens is 302 g/mol. The third kappa shape index (κ3) is 3.24. The highest BCUT2D eigenvalue weighted by Gasteiger charge is 2.48. The summed E-state index contributed by atoms with van der Waals surface area (Å²) >= 11 is 0. The van der Waals surface area contributed by atoms with Crippen molar-refractivity contribution in [2.75, 3.05) is 39.5 Å². The van der Waals surface area contributed by atoms with Crippen molar-refractivity contribution in [1.82, 2.24) is 9.58 Å². The van der Waals surface area contributed by atoms with Gasteiger partial charge in [-0.15, -0.1) is 0 Å². The molecule has 126 valence electrons. The van der Waals surface area contributed by atoms with Crippen LogP contribution in [0.1, 0.15) is 23.3 Å². The summed E-state index contributed by atoms with van der Waals surface area (Å²) in [5.41, 5.74) is 2.96. The zero-order valence-electron chi connectivity index (χ0n) is 13.3. The number of carbonyl (C=O) groups is 1. The van der Waals surface area contributed by atoms with Crippen LogP contribution in [0.15, 0.2) is 17.1 Å². The minimum Gasteiger partial charge on any atom is -0.461 e. The molecule has 3 rings (SSSR count). The lowest BCUT2D eigenvalue weighted by Gasteiger charge is -2.38. The van der Waals surface area contributed by atoms with Gasteiger partial charge in [0.1, 0.15) is 11.9 Å². The average molecular weight is 323 g/mol. The molecule has 8 nitrogen and oxygen atoms in total. The number of carbonyl (C=O) groups excluding carboxylic acids is 1. The molecule has 23 heavy (non-hydrogen) atoms. The molecule has 1 aromatic heterocycles. The standard InChI is InChI=1S/C15H21N3O5/c1-17-9-15(4-5-15)23-8-13(17)16-18-6-3-12(20)14(11(18)7-19)22-10-21-2/h3,6-7,13,16H,4-5,8-10H2,1-2H3. The van der Waals surface area contributed by atoms with Gasteiger partial charge in [-0.3, -0.25) is 19.2 Å². The first-order valence-corrected chi connectivity index (χ1v) is 7.52. The van der Waals surface area contributed by atoms with E-state index in [1.807, 2.05) is 7.05 Å². The Morgan fingerprint density at radius 2 is 2.30 bits per heavy atom. The summed E-state index contributed by atoms with van der Waals surface area (Å²) in [6.45, 7) is 1.25. The number of aldehydes is 1. The Labute approximate surface area is 133 Å². The molecule has 1 saturated heterocycles. The fourth-order valence-electron chi connectivity index (χ4n) is 2.75. The van der Waals surface area contributed by atoms with Crippen LogP contribution < -0.4 is 15.6 Å². The molecule has 1 unspecified atom stereocenters. The number of nitrogens with zero attached hydrogens (tertiary/aromatic N) is 2. The topological polar surface area (TPSA) is 82.0 Å². The molecule has 1 saturated carbocycles.